The lowest BCUT2D eigenvalue weighted by atomic mass is 9.84. The van der Waals surface area contributed by atoms with Gasteiger partial charge in [-0.3, -0.25) is 9.59 Å². The topological polar surface area (TPSA) is 67.5 Å². The lowest BCUT2D eigenvalue weighted by Gasteiger charge is -2.48. The van der Waals surface area contributed by atoms with Crippen LogP contribution in [0.4, 0.5) is 0 Å². The van der Waals surface area contributed by atoms with E-state index in [2.05, 4.69) is 12.2 Å². The van der Waals surface area contributed by atoms with Gasteiger partial charge in [0.2, 0.25) is 5.91 Å². The fraction of sp³-hybridized carbons (Fsp3) is 0.652. The van der Waals surface area contributed by atoms with Crippen LogP contribution in [0, 0.1) is 5.92 Å². The van der Waals surface area contributed by atoms with Crippen LogP contribution in [0.25, 0.3) is 11.1 Å². The van der Waals surface area contributed by atoms with E-state index in [1.807, 2.05) is 28.5 Å². The molecule has 0 radical (unpaired) electrons. The Labute approximate surface area is 171 Å². The highest BCUT2D eigenvalue weighted by Gasteiger charge is 2.51. The molecule has 2 aromatic heterocycles. The first-order valence-corrected chi connectivity index (χ1v) is 11.2. The van der Waals surface area contributed by atoms with Crippen molar-refractivity contribution in [3.8, 4) is 0 Å². The third-order valence-electron chi connectivity index (χ3n) is 7.57. The van der Waals surface area contributed by atoms with Gasteiger partial charge in [0.1, 0.15) is 11.2 Å². The van der Waals surface area contributed by atoms with Gasteiger partial charge < -0.3 is 19.2 Å². The van der Waals surface area contributed by atoms with E-state index < -0.39 is 5.54 Å². The molecule has 1 N–H and O–H groups in total. The monoisotopic (exact) mass is 397 g/mol. The first-order valence-electron chi connectivity index (χ1n) is 11.2. The largest absolute Gasteiger partial charge is 0.463 e. The molecule has 5 rings (SSSR count). The Balaban J connectivity index is 1.53. The quantitative estimate of drug-likeness (QED) is 0.848. The van der Waals surface area contributed by atoms with Crippen molar-refractivity contribution in [2.45, 2.75) is 89.4 Å². The van der Waals surface area contributed by atoms with Crippen LogP contribution >= 0.6 is 0 Å². The zero-order valence-electron chi connectivity index (χ0n) is 17.4. The van der Waals surface area contributed by atoms with Crippen molar-refractivity contribution in [3.05, 3.63) is 24.1 Å². The van der Waals surface area contributed by atoms with Crippen LogP contribution in [0.1, 0.15) is 75.7 Å². The standard InChI is InChI=1S/C23H31N3O3/c1-15-7-3-6-10-17(15)24-22(28)23(2)14-25-18-11-12-29-20(18)13-19(25)21(27)26(23)16-8-4-5-9-16/h11-13,15-17H,3-10,14H2,1-2H3,(H,24,28). The Hall–Kier alpha value is -2.24. The number of hydrogen-bond acceptors (Lipinski definition) is 3. The third-order valence-corrected chi connectivity index (χ3v) is 7.57. The third kappa shape index (κ3) is 2.90. The lowest BCUT2D eigenvalue weighted by Crippen LogP contribution is -2.67. The smallest absolute Gasteiger partial charge is 0.271 e. The molecule has 0 aromatic carbocycles. The van der Waals surface area contributed by atoms with Gasteiger partial charge in [-0.25, -0.2) is 0 Å². The number of carbonyl (C=O) groups excluding carboxylic acids is 2. The van der Waals surface area contributed by atoms with E-state index >= 15 is 0 Å². The number of rotatable bonds is 3. The zero-order chi connectivity index (χ0) is 20.2. The maximum absolute atomic E-state index is 13.7. The predicted molar refractivity (Wildman–Crippen MR) is 111 cm³/mol. The van der Waals surface area contributed by atoms with Gasteiger partial charge >= 0.3 is 0 Å². The van der Waals surface area contributed by atoms with Crippen molar-refractivity contribution in [2.75, 3.05) is 0 Å². The number of fused-ring (bicyclic) bond motifs is 3. The van der Waals surface area contributed by atoms with Crippen molar-refractivity contribution in [2.24, 2.45) is 5.92 Å². The Bertz CT molecular complexity index is 938. The van der Waals surface area contributed by atoms with Crippen LogP contribution in [0.3, 0.4) is 0 Å². The molecule has 0 saturated heterocycles. The Morgan fingerprint density at radius 3 is 2.66 bits per heavy atom. The van der Waals surface area contributed by atoms with Crippen molar-refractivity contribution in [1.82, 2.24) is 14.8 Å². The second-order valence-electron chi connectivity index (χ2n) is 9.51. The summed E-state index contributed by atoms with van der Waals surface area (Å²) < 4.78 is 7.53. The van der Waals surface area contributed by atoms with Gasteiger partial charge in [0.25, 0.3) is 5.91 Å². The Kier molecular flexibility index (Phi) is 4.48. The predicted octanol–water partition coefficient (Wildman–Crippen LogP) is 4.09. The summed E-state index contributed by atoms with van der Waals surface area (Å²) in [5, 5.41) is 3.35. The van der Waals surface area contributed by atoms with Gasteiger partial charge in [-0.2, -0.15) is 0 Å². The van der Waals surface area contributed by atoms with Crippen LogP contribution in [-0.4, -0.2) is 38.9 Å². The molecule has 2 amide bonds. The molecule has 6 heteroatoms. The second kappa shape index (κ2) is 6.92. The summed E-state index contributed by atoms with van der Waals surface area (Å²) in [4.78, 5) is 29.3. The van der Waals surface area contributed by atoms with E-state index in [1.165, 1.54) is 6.42 Å². The van der Waals surface area contributed by atoms with Crippen LogP contribution < -0.4 is 5.32 Å². The Morgan fingerprint density at radius 2 is 1.90 bits per heavy atom. The fourth-order valence-electron chi connectivity index (χ4n) is 5.82. The summed E-state index contributed by atoms with van der Waals surface area (Å²) in [5.41, 5.74) is 1.36. The van der Waals surface area contributed by atoms with Crippen molar-refractivity contribution in [1.29, 1.82) is 0 Å². The molecule has 2 saturated carbocycles. The van der Waals surface area contributed by atoms with E-state index in [1.54, 1.807) is 6.26 Å². The molecule has 0 spiro atoms. The van der Waals surface area contributed by atoms with E-state index in [9.17, 15) is 9.59 Å². The molecule has 2 aromatic rings. The van der Waals surface area contributed by atoms with E-state index in [-0.39, 0.29) is 23.9 Å². The molecular weight excluding hydrogens is 366 g/mol. The molecule has 29 heavy (non-hydrogen) atoms. The van der Waals surface area contributed by atoms with Crippen molar-refractivity contribution >= 4 is 22.9 Å². The SMILES string of the molecule is CC1CCCCC1NC(=O)C1(C)Cn2c(cc3occc32)C(=O)N1C1CCCC1. The van der Waals surface area contributed by atoms with Gasteiger partial charge in [0, 0.05) is 24.2 Å². The highest BCUT2D eigenvalue weighted by Crippen LogP contribution is 2.38. The van der Waals surface area contributed by atoms with Crippen LogP contribution in [-0.2, 0) is 11.3 Å². The van der Waals surface area contributed by atoms with Crippen LogP contribution in [0.2, 0.25) is 0 Å². The van der Waals surface area contributed by atoms with E-state index in [4.69, 9.17) is 4.42 Å². The molecule has 2 aliphatic carbocycles. The van der Waals surface area contributed by atoms with Gasteiger partial charge in [0.15, 0.2) is 5.58 Å². The zero-order valence-corrected chi connectivity index (χ0v) is 17.4. The normalized spacial score (nSPS) is 30.7. The second-order valence-corrected chi connectivity index (χ2v) is 9.51. The average Bonchev–Trinajstić information content (AvgIpc) is 3.42. The number of nitrogens with zero attached hydrogens (tertiary/aromatic N) is 2. The minimum absolute atomic E-state index is 0.00695. The highest BCUT2D eigenvalue weighted by molar-refractivity contribution is 6.03. The molecule has 3 aliphatic rings. The maximum atomic E-state index is 13.7. The molecule has 156 valence electrons. The summed E-state index contributed by atoms with van der Waals surface area (Å²) in [5.74, 6) is 0.439. The molecule has 0 bridgehead atoms. The number of carbonyl (C=O) groups is 2. The number of furan rings is 1. The van der Waals surface area contributed by atoms with Crippen molar-refractivity contribution in [3.63, 3.8) is 0 Å². The first kappa shape index (κ1) is 18.8. The number of nitrogens with one attached hydrogen (secondary N) is 1. The summed E-state index contributed by atoms with van der Waals surface area (Å²) in [6.07, 6.45) is 10.4. The number of amides is 2. The molecule has 3 unspecified atom stereocenters. The molecule has 2 fully saturated rings. The molecule has 1 aliphatic heterocycles. The Morgan fingerprint density at radius 1 is 1.17 bits per heavy atom. The van der Waals surface area contributed by atoms with Crippen molar-refractivity contribution < 1.29 is 14.0 Å². The fourth-order valence-corrected chi connectivity index (χ4v) is 5.82. The number of hydrogen-bond donors (Lipinski definition) is 1. The van der Waals surface area contributed by atoms with Gasteiger partial charge in [-0.05, 0) is 38.5 Å². The van der Waals surface area contributed by atoms with Gasteiger partial charge in [-0.1, -0.05) is 32.6 Å². The van der Waals surface area contributed by atoms with Gasteiger partial charge in [-0.15, -0.1) is 0 Å². The summed E-state index contributed by atoms with van der Waals surface area (Å²) in [6, 6.07) is 4.06. The minimum Gasteiger partial charge on any atom is -0.463 e. The molecular formula is C23H31N3O3. The summed E-state index contributed by atoms with van der Waals surface area (Å²) >= 11 is 0. The van der Waals surface area contributed by atoms with Crippen LogP contribution in [0.15, 0.2) is 22.8 Å². The van der Waals surface area contributed by atoms with Gasteiger partial charge in [0.05, 0.1) is 18.3 Å². The summed E-state index contributed by atoms with van der Waals surface area (Å²) in [6.45, 7) is 4.66. The molecule has 3 atom stereocenters. The van der Waals surface area contributed by atoms with E-state index in [0.717, 1.165) is 50.5 Å². The average molecular weight is 398 g/mol. The maximum Gasteiger partial charge on any atom is 0.271 e. The molecule has 3 heterocycles. The lowest BCUT2D eigenvalue weighted by molar-refractivity contribution is -0.135. The molecule has 6 nitrogen and oxygen atoms in total. The highest BCUT2D eigenvalue weighted by atomic mass is 16.3. The number of aromatic nitrogens is 1. The van der Waals surface area contributed by atoms with Crippen LogP contribution in [0.5, 0.6) is 0 Å². The minimum atomic E-state index is -0.889. The first-order chi connectivity index (χ1) is 14.0. The summed E-state index contributed by atoms with van der Waals surface area (Å²) in [7, 11) is 0. The van der Waals surface area contributed by atoms with E-state index in [0.29, 0.717) is 23.7 Å².